The highest BCUT2D eigenvalue weighted by Gasteiger charge is 2.26. The van der Waals surface area contributed by atoms with Crippen LogP contribution in [0.1, 0.15) is 22.5 Å². The zero-order chi connectivity index (χ0) is 23.2. The van der Waals surface area contributed by atoms with Crippen molar-refractivity contribution >= 4 is 11.6 Å². The number of likely N-dealkylation sites (tertiary alicyclic amines) is 1. The predicted molar refractivity (Wildman–Crippen MR) is 121 cm³/mol. The van der Waals surface area contributed by atoms with E-state index in [1.165, 1.54) is 18.4 Å². The van der Waals surface area contributed by atoms with Crippen LogP contribution in [-0.2, 0) is 0 Å². The molecule has 0 saturated carbocycles. The Morgan fingerprint density at radius 1 is 1.27 bits per heavy atom. The molecule has 2 heterocycles. The Morgan fingerprint density at radius 3 is 2.85 bits per heavy atom. The Bertz CT molecular complexity index is 1060. The van der Waals surface area contributed by atoms with Crippen LogP contribution in [0.4, 0.5) is 10.1 Å². The fraction of sp³-hybridized carbons (Fsp3) is 0.320. The maximum Gasteiger partial charge on any atom is 0.291 e. The van der Waals surface area contributed by atoms with E-state index in [0.717, 1.165) is 18.5 Å². The van der Waals surface area contributed by atoms with Crippen LogP contribution >= 0.6 is 0 Å². The maximum atomic E-state index is 13.0. The molecular weight excluding hydrogens is 427 g/mol. The largest absolute Gasteiger partial charge is 0.489 e. The molecule has 1 saturated heterocycles. The Morgan fingerprint density at radius 2 is 2.09 bits per heavy atom. The fourth-order valence-electron chi connectivity index (χ4n) is 3.75. The topological polar surface area (TPSA) is 84.2 Å². The lowest BCUT2D eigenvalue weighted by Crippen LogP contribution is -2.35. The van der Waals surface area contributed by atoms with E-state index < -0.39 is 6.10 Å². The highest BCUT2D eigenvalue weighted by atomic mass is 19.1. The van der Waals surface area contributed by atoms with Crippen molar-refractivity contribution in [1.29, 1.82) is 0 Å². The number of aliphatic hydroxyl groups excluding tert-OH is 1. The first-order chi connectivity index (χ1) is 16.0. The second-order valence-electron chi connectivity index (χ2n) is 8.14. The summed E-state index contributed by atoms with van der Waals surface area (Å²) in [4.78, 5) is 14.4. The first kappa shape index (κ1) is 22.8. The molecule has 33 heavy (non-hydrogen) atoms. The molecule has 8 heteroatoms. The third-order valence-electron chi connectivity index (χ3n) is 5.38. The van der Waals surface area contributed by atoms with Crippen molar-refractivity contribution in [3.05, 3.63) is 78.0 Å². The fourth-order valence-corrected chi connectivity index (χ4v) is 3.75. The zero-order valence-electron chi connectivity index (χ0n) is 18.4. The van der Waals surface area contributed by atoms with E-state index in [0.29, 0.717) is 30.3 Å². The smallest absolute Gasteiger partial charge is 0.291 e. The lowest BCUT2D eigenvalue weighted by molar-refractivity contribution is 0.0722. The molecule has 1 aliphatic rings. The van der Waals surface area contributed by atoms with Crippen LogP contribution < -0.4 is 14.8 Å². The number of carbonyl (C=O) groups excluding carboxylic acids is 1. The summed E-state index contributed by atoms with van der Waals surface area (Å²) in [6, 6.07) is 14.6. The van der Waals surface area contributed by atoms with Gasteiger partial charge in [0.25, 0.3) is 5.91 Å². The monoisotopic (exact) mass is 454 g/mol. The first-order valence-electron chi connectivity index (χ1n) is 10.9. The summed E-state index contributed by atoms with van der Waals surface area (Å²) in [6.07, 6.45) is 1.53. The molecule has 0 spiro atoms. The van der Waals surface area contributed by atoms with Crippen LogP contribution in [0.2, 0.25) is 0 Å². The molecule has 2 atom stereocenters. The average molecular weight is 454 g/mol. The Balaban J connectivity index is 1.27. The third-order valence-corrected chi connectivity index (χ3v) is 5.38. The van der Waals surface area contributed by atoms with Gasteiger partial charge in [0.1, 0.15) is 36.1 Å². The van der Waals surface area contributed by atoms with Crippen molar-refractivity contribution in [2.45, 2.75) is 25.6 Å². The number of hydrogen-bond acceptors (Lipinski definition) is 6. The van der Waals surface area contributed by atoms with Crippen LogP contribution in [-0.4, -0.2) is 54.4 Å². The van der Waals surface area contributed by atoms with Crippen molar-refractivity contribution < 1.29 is 28.2 Å². The lowest BCUT2D eigenvalue weighted by atomic mass is 10.2. The van der Waals surface area contributed by atoms with Gasteiger partial charge in [-0.3, -0.25) is 9.69 Å². The van der Waals surface area contributed by atoms with Gasteiger partial charge < -0.3 is 24.3 Å². The molecular formula is C25H27FN2O5. The number of halogens is 1. The minimum absolute atomic E-state index is 0.0104. The molecule has 1 aromatic heterocycles. The van der Waals surface area contributed by atoms with Gasteiger partial charge in [-0.05, 0) is 67.4 Å². The molecule has 0 aliphatic carbocycles. The quantitative estimate of drug-likeness (QED) is 0.511. The number of nitrogens with one attached hydrogen (secondary N) is 1. The van der Waals surface area contributed by atoms with E-state index in [1.54, 1.807) is 30.3 Å². The number of rotatable bonds is 9. The Kier molecular flexibility index (Phi) is 7.26. The van der Waals surface area contributed by atoms with Gasteiger partial charge in [0.15, 0.2) is 5.76 Å². The van der Waals surface area contributed by atoms with E-state index >= 15 is 0 Å². The molecule has 7 nitrogen and oxygen atoms in total. The van der Waals surface area contributed by atoms with E-state index in [1.807, 2.05) is 19.1 Å². The van der Waals surface area contributed by atoms with Crippen molar-refractivity contribution in [2.24, 2.45) is 0 Å². The molecule has 2 aromatic carbocycles. The summed E-state index contributed by atoms with van der Waals surface area (Å²) in [5.41, 5.74) is 1.47. The van der Waals surface area contributed by atoms with Gasteiger partial charge in [0.2, 0.25) is 0 Å². The first-order valence-corrected chi connectivity index (χ1v) is 10.9. The summed E-state index contributed by atoms with van der Waals surface area (Å²) in [5, 5.41) is 13.3. The van der Waals surface area contributed by atoms with Gasteiger partial charge in [-0.2, -0.15) is 0 Å². The molecule has 0 bridgehead atoms. The number of aliphatic hydroxyl groups is 1. The standard InChI is InChI=1S/C25H27FN2O5/c1-17-4-9-22(27-25(30)23-3-2-12-31-23)24(13-17)32-16-19(29)14-28-11-10-21(15-28)33-20-7-5-18(26)6-8-20/h2-9,12-13,19,21,29H,10-11,14-16H2,1H3,(H,27,30). The average Bonchev–Trinajstić information content (AvgIpc) is 3.48. The summed E-state index contributed by atoms with van der Waals surface area (Å²) >= 11 is 0. The number of ether oxygens (including phenoxy) is 2. The highest BCUT2D eigenvalue weighted by molar-refractivity contribution is 6.03. The summed E-state index contributed by atoms with van der Waals surface area (Å²) < 4.78 is 29.9. The number of carbonyl (C=O) groups is 1. The van der Waals surface area contributed by atoms with Crippen molar-refractivity contribution in [1.82, 2.24) is 4.90 Å². The second-order valence-corrected chi connectivity index (χ2v) is 8.14. The minimum atomic E-state index is -0.719. The molecule has 1 fully saturated rings. The van der Waals surface area contributed by atoms with E-state index in [4.69, 9.17) is 13.9 Å². The van der Waals surface area contributed by atoms with Gasteiger partial charge in [-0.1, -0.05) is 6.07 Å². The molecule has 1 aliphatic heterocycles. The number of benzene rings is 2. The number of anilines is 1. The van der Waals surface area contributed by atoms with E-state index in [9.17, 15) is 14.3 Å². The van der Waals surface area contributed by atoms with Gasteiger partial charge >= 0.3 is 0 Å². The summed E-state index contributed by atoms with van der Waals surface area (Å²) in [5.74, 6) is 0.644. The van der Waals surface area contributed by atoms with Crippen LogP contribution in [0.3, 0.4) is 0 Å². The van der Waals surface area contributed by atoms with Gasteiger partial charge in [0, 0.05) is 19.6 Å². The Labute approximate surface area is 191 Å². The number of nitrogens with zero attached hydrogens (tertiary/aromatic N) is 1. The number of β-amino-alcohol motifs (C(OH)–C–C–N with tert-alkyl or cyclic N) is 1. The normalized spacial score (nSPS) is 17.0. The molecule has 1 amide bonds. The van der Waals surface area contributed by atoms with Crippen LogP contribution in [0.5, 0.6) is 11.5 Å². The number of amides is 1. The number of furan rings is 1. The second kappa shape index (κ2) is 10.5. The van der Waals surface area contributed by atoms with Crippen molar-refractivity contribution in [2.75, 3.05) is 31.6 Å². The minimum Gasteiger partial charge on any atom is -0.489 e. The van der Waals surface area contributed by atoms with Gasteiger partial charge in [-0.25, -0.2) is 4.39 Å². The molecule has 2 unspecified atom stereocenters. The van der Waals surface area contributed by atoms with Crippen LogP contribution in [0.15, 0.2) is 65.3 Å². The predicted octanol–water partition coefficient (Wildman–Crippen LogP) is 3.87. The van der Waals surface area contributed by atoms with Gasteiger partial charge in [0.05, 0.1) is 12.0 Å². The maximum absolute atomic E-state index is 13.0. The van der Waals surface area contributed by atoms with Crippen molar-refractivity contribution in [3.63, 3.8) is 0 Å². The van der Waals surface area contributed by atoms with Crippen LogP contribution in [0, 0.1) is 12.7 Å². The molecule has 4 rings (SSSR count). The summed E-state index contributed by atoms with van der Waals surface area (Å²) in [7, 11) is 0. The molecule has 2 N–H and O–H groups in total. The SMILES string of the molecule is Cc1ccc(NC(=O)c2ccco2)c(OCC(O)CN2CCC(Oc3ccc(F)cc3)C2)c1. The number of hydrogen-bond donors (Lipinski definition) is 2. The molecule has 174 valence electrons. The Hall–Kier alpha value is -3.36. The third kappa shape index (κ3) is 6.34. The summed E-state index contributed by atoms with van der Waals surface area (Å²) in [6.45, 7) is 3.89. The lowest BCUT2D eigenvalue weighted by Gasteiger charge is -2.21. The zero-order valence-corrected chi connectivity index (χ0v) is 18.4. The van der Waals surface area contributed by atoms with Crippen LogP contribution in [0.25, 0.3) is 0 Å². The van der Waals surface area contributed by atoms with Gasteiger partial charge in [-0.15, -0.1) is 0 Å². The molecule has 3 aromatic rings. The molecule has 0 radical (unpaired) electrons. The number of aryl methyl sites for hydroxylation is 1. The van der Waals surface area contributed by atoms with E-state index in [-0.39, 0.29) is 30.2 Å². The highest BCUT2D eigenvalue weighted by Crippen LogP contribution is 2.27. The van der Waals surface area contributed by atoms with Crippen molar-refractivity contribution in [3.8, 4) is 11.5 Å². The van der Waals surface area contributed by atoms with E-state index in [2.05, 4.69) is 10.2 Å².